The van der Waals surface area contributed by atoms with Crippen LogP contribution in [-0.2, 0) is 9.59 Å². The van der Waals surface area contributed by atoms with Crippen LogP contribution >= 0.6 is 0 Å². The van der Waals surface area contributed by atoms with E-state index in [0.29, 0.717) is 0 Å². The van der Waals surface area contributed by atoms with E-state index in [0.717, 1.165) is 39.0 Å². The number of carbonyl (C=O) groups excluding carboxylic acids is 2. The fourth-order valence-corrected chi connectivity index (χ4v) is 0.746. The SMILES string of the molecule is CC(=O)C(C)=O.NCCCCNCCCN. The molecule has 0 aliphatic rings. The topological polar surface area (TPSA) is 98.2 Å². The van der Waals surface area contributed by atoms with Gasteiger partial charge < -0.3 is 16.8 Å². The minimum atomic E-state index is -0.380. The molecule has 0 fully saturated rings. The third-order valence-corrected chi connectivity index (χ3v) is 1.86. The van der Waals surface area contributed by atoms with Crippen molar-refractivity contribution in [2.24, 2.45) is 11.5 Å². The molecule has 0 rings (SSSR count). The molecule has 0 atom stereocenters. The molecule has 0 spiro atoms. The van der Waals surface area contributed by atoms with Crippen molar-refractivity contribution in [1.29, 1.82) is 0 Å². The summed E-state index contributed by atoms with van der Waals surface area (Å²) < 4.78 is 0. The molecule has 0 unspecified atom stereocenters. The molecule has 0 aromatic rings. The second-order valence-electron chi connectivity index (χ2n) is 3.50. The van der Waals surface area contributed by atoms with Crippen molar-refractivity contribution < 1.29 is 9.59 Å². The second kappa shape index (κ2) is 14.2. The first-order chi connectivity index (χ1) is 7.56. The number of ketones is 2. The Morgan fingerprint density at radius 1 is 0.875 bits per heavy atom. The van der Waals surface area contributed by atoms with Crippen molar-refractivity contribution in [2.75, 3.05) is 26.2 Å². The van der Waals surface area contributed by atoms with E-state index in [9.17, 15) is 9.59 Å². The van der Waals surface area contributed by atoms with E-state index in [1.807, 2.05) is 0 Å². The molecule has 96 valence electrons. The van der Waals surface area contributed by atoms with Crippen LogP contribution in [0.4, 0.5) is 0 Å². The Hall–Kier alpha value is -0.780. The number of hydrogen-bond acceptors (Lipinski definition) is 5. The van der Waals surface area contributed by atoms with Gasteiger partial charge in [0.1, 0.15) is 0 Å². The fourth-order valence-electron chi connectivity index (χ4n) is 0.746. The number of nitrogens with two attached hydrogens (primary N) is 2. The van der Waals surface area contributed by atoms with Gasteiger partial charge >= 0.3 is 0 Å². The van der Waals surface area contributed by atoms with E-state index in [-0.39, 0.29) is 11.6 Å². The lowest BCUT2D eigenvalue weighted by atomic mass is 10.3. The Kier molecular flexibility index (Phi) is 15.7. The molecular formula is C11H25N3O2. The van der Waals surface area contributed by atoms with Gasteiger partial charge in [-0.2, -0.15) is 0 Å². The summed E-state index contributed by atoms with van der Waals surface area (Å²) in [5, 5.41) is 3.29. The Balaban J connectivity index is 0. The average Bonchev–Trinajstić information content (AvgIpc) is 2.24. The molecule has 0 amide bonds. The zero-order chi connectivity index (χ0) is 12.8. The third-order valence-electron chi connectivity index (χ3n) is 1.86. The minimum Gasteiger partial charge on any atom is -0.330 e. The van der Waals surface area contributed by atoms with Gasteiger partial charge in [0.2, 0.25) is 0 Å². The quantitative estimate of drug-likeness (QED) is 0.398. The summed E-state index contributed by atoms with van der Waals surface area (Å²) in [7, 11) is 0. The molecular weight excluding hydrogens is 206 g/mol. The summed E-state index contributed by atoms with van der Waals surface area (Å²) in [5.74, 6) is -0.759. The lowest BCUT2D eigenvalue weighted by Crippen LogP contribution is -2.19. The first-order valence-corrected chi connectivity index (χ1v) is 5.68. The van der Waals surface area contributed by atoms with Gasteiger partial charge in [-0.3, -0.25) is 9.59 Å². The lowest BCUT2D eigenvalue weighted by Gasteiger charge is -2.01. The summed E-state index contributed by atoms with van der Waals surface area (Å²) >= 11 is 0. The van der Waals surface area contributed by atoms with Crippen molar-refractivity contribution >= 4 is 11.6 Å². The Morgan fingerprint density at radius 2 is 1.31 bits per heavy atom. The van der Waals surface area contributed by atoms with Crippen molar-refractivity contribution in [3.05, 3.63) is 0 Å². The molecule has 0 saturated heterocycles. The standard InChI is InChI=1S/C7H19N3.C4H6O2/c8-4-1-2-6-10-7-3-5-9;1-3(5)4(2)6/h10H,1-9H2;1-2H3. The van der Waals surface area contributed by atoms with Crippen LogP contribution in [0, 0.1) is 0 Å². The van der Waals surface area contributed by atoms with Gasteiger partial charge in [-0.1, -0.05) is 0 Å². The summed E-state index contributed by atoms with van der Waals surface area (Å²) in [5.41, 5.74) is 10.6. The summed E-state index contributed by atoms with van der Waals surface area (Å²) in [6, 6.07) is 0. The molecule has 5 N–H and O–H groups in total. The van der Waals surface area contributed by atoms with Crippen LogP contribution in [0.5, 0.6) is 0 Å². The van der Waals surface area contributed by atoms with Crippen LogP contribution in [0.2, 0.25) is 0 Å². The molecule has 0 bridgehead atoms. The van der Waals surface area contributed by atoms with Crippen molar-refractivity contribution in [3.8, 4) is 0 Å². The molecule has 0 aliphatic heterocycles. The molecule has 0 heterocycles. The lowest BCUT2D eigenvalue weighted by molar-refractivity contribution is -0.134. The third kappa shape index (κ3) is 18.9. The van der Waals surface area contributed by atoms with Crippen LogP contribution in [0.15, 0.2) is 0 Å². The smallest absolute Gasteiger partial charge is 0.195 e. The number of nitrogens with one attached hydrogen (secondary N) is 1. The Bertz CT molecular complexity index is 164. The first-order valence-electron chi connectivity index (χ1n) is 5.68. The number of hydrogen-bond donors (Lipinski definition) is 3. The second-order valence-corrected chi connectivity index (χ2v) is 3.50. The molecule has 0 aromatic carbocycles. The van der Waals surface area contributed by atoms with Crippen LogP contribution in [0.1, 0.15) is 33.1 Å². The van der Waals surface area contributed by atoms with Crippen LogP contribution in [0.25, 0.3) is 0 Å². The van der Waals surface area contributed by atoms with Gasteiger partial charge in [-0.15, -0.1) is 0 Å². The summed E-state index contributed by atoms with van der Waals surface area (Å²) in [4.78, 5) is 19.6. The van der Waals surface area contributed by atoms with E-state index in [2.05, 4.69) is 5.32 Å². The first kappa shape index (κ1) is 17.6. The monoisotopic (exact) mass is 231 g/mol. The highest BCUT2D eigenvalue weighted by molar-refractivity contribution is 6.35. The highest BCUT2D eigenvalue weighted by Crippen LogP contribution is 1.81. The number of carbonyl (C=O) groups is 2. The van der Waals surface area contributed by atoms with Crippen LogP contribution in [0.3, 0.4) is 0 Å². The van der Waals surface area contributed by atoms with Gasteiger partial charge in [0, 0.05) is 13.8 Å². The zero-order valence-electron chi connectivity index (χ0n) is 10.4. The molecule has 16 heavy (non-hydrogen) atoms. The predicted molar refractivity (Wildman–Crippen MR) is 66.2 cm³/mol. The van der Waals surface area contributed by atoms with Gasteiger partial charge in [0.15, 0.2) is 11.6 Å². The number of Topliss-reactive ketones (excluding diaryl/α,β-unsaturated/α-hetero) is 2. The zero-order valence-corrected chi connectivity index (χ0v) is 10.4. The van der Waals surface area contributed by atoms with Gasteiger partial charge in [0.05, 0.1) is 0 Å². The fraction of sp³-hybridized carbons (Fsp3) is 0.818. The van der Waals surface area contributed by atoms with E-state index in [4.69, 9.17) is 11.5 Å². The molecule has 0 aliphatic carbocycles. The number of rotatable bonds is 8. The maximum absolute atomic E-state index is 9.79. The minimum absolute atomic E-state index is 0.380. The van der Waals surface area contributed by atoms with E-state index < -0.39 is 0 Å². The van der Waals surface area contributed by atoms with Crippen molar-refractivity contribution in [3.63, 3.8) is 0 Å². The van der Waals surface area contributed by atoms with Gasteiger partial charge in [-0.05, 0) is 45.4 Å². The highest BCUT2D eigenvalue weighted by Gasteiger charge is 1.94. The van der Waals surface area contributed by atoms with E-state index in [1.165, 1.54) is 20.3 Å². The predicted octanol–water partition coefficient (Wildman–Crippen LogP) is -0.172. The Morgan fingerprint density at radius 3 is 1.69 bits per heavy atom. The molecule has 5 nitrogen and oxygen atoms in total. The van der Waals surface area contributed by atoms with Crippen LogP contribution < -0.4 is 16.8 Å². The summed E-state index contributed by atoms with van der Waals surface area (Å²) in [6.45, 7) is 6.21. The van der Waals surface area contributed by atoms with Crippen LogP contribution in [-0.4, -0.2) is 37.7 Å². The molecule has 0 radical (unpaired) electrons. The Labute approximate surface area is 97.9 Å². The molecule has 0 saturated carbocycles. The van der Waals surface area contributed by atoms with Crippen molar-refractivity contribution in [1.82, 2.24) is 5.32 Å². The largest absolute Gasteiger partial charge is 0.330 e. The highest BCUT2D eigenvalue weighted by atomic mass is 16.2. The normalized spacial score (nSPS) is 9.25. The number of unbranched alkanes of at least 4 members (excludes halogenated alkanes) is 1. The van der Waals surface area contributed by atoms with Gasteiger partial charge in [0.25, 0.3) is 0 Å². The molecule has 0 aromatic heterocycles. The maximum Gasteiger partial charge on any atom is 0.195 e. The van der Waals surface area contributed by atoms with E-state index >= 15 is 0 Å². The molecule has 5 heteroatoms. The average molecular weight is 231 g/mol. The van der Waals surface area contributed by atoms with Crippen molar-refractivity contribution in [2.45, 2.75) is 33.1 Å². The summed E-state index contributed by atoms with van der Waals surface area (Å²) in [6.07, 6.45) is 3.37. The maximum atomic E-state index is 9.79. The van der Waals surface area contributed by atoms with Gasteiger partial charge in [-0.25, -0.2) is 0 Å². The van der Waals surface area contributed by atoms with E-state index in [1.54, 1.807) is 0 Å².